The van der Waals surface area contributed by atoms with Gasteiger partial charge in [-0.15, -0.1) is 21.5 Å². The molecule has 0 aliphatic rings. The van der Waals surface area contributed by atoms with Crippen LogP contribution in [0.1, 0.15) is 22.7 Å². The third-order valence-corrected chi connectivity index (χ3v) is 6.45. The first-order valence-electron chi connectivity index (χ1n) is 9.88. The van der Waals surface area contributed by atoms with E-state index in [0.717, 1.165) is 33.1 Å². The van der Waals surface area contributed by atoms with Gasteiger partial charge >= 0.3 is 0 Å². The molecule has 0 N–H and O–H groups in total. The summed E-state index contributed by atoms with van der Waals surface area (Å²) >= 11 is 2.99. The summed E-state index contributed by atoms with van der Waals surface area (Å²) in [5.74, 6) is 3.22. The van der Waals surface area contributed by atoms with Crippen LogP contribution in [-0.4, -0.2) is 29.4 Å². The van der Waals surface area contributed by atoms with Crippen LogP contribution in [0, 0.1) is 13.8 Å². The zero-order chi connectivity index (χ0) is 22.5. The lowest BCUT2D eigenvalue weighted by molar-refractivity contribution is 0.250. The number of methoxy groups -OCH3 is 2. The number of nitrogens with zero attached hydrogens (tertiary/aromatic N) is 3. The molecule has 0 bridgehead atoms. The summed E-state index contributed by atoms with van der Waals surface area (Å²) in [6.45, 7) is 4.27. The zero-order valence-electron chi connectivity index (χ0n) is 18.2. The minimum atomic E-state index is 0.230. The summed E-state index contributed by atoms with van der Waals surface area (Å²) in [6.07, 6.45) is 0. The highest BCUT2D eigenvalue weighted by atomic mass is 32.2. The Labute approximate surface area is 194 Å². The number of ether oxygens (including phenoxy) is 3. The summed E-state index contributed by atoms with van der Waals surface area (Å²) in [5, 5.41) is 11.5. The van der Waals surface area contributed by atoms with Gasteiger partial charge in [-0.25, -0.2) is 4.98 Å². The van der Waals surface area contributed by atoms with Crippen molar-refractivity contribution < 1.29 is 18.6 Å². The number of hydrogen-bond donors (Lipinski definition) is 0. The van der Waals surface area contributed by atoms with Crippen molar-refractivity contribution >= 4 is 23.1 Å². The van der Waals surface area contributed by atoms with Gasteiger partial charge in [0.25, 0.3) is 11.1 Å². The Hall–Kier alpha value is -3.04. The highest BCUT2D eigenvalue weighted by Gasteiger charge is 2.15. The number of para-hydroxylation sites is 1. The Bertz CT molecular complexity index is 1210. The number of thioether (sulfide) groups is 1. The van der Waals surface area contributed by atoms with Crippen molar-refractivity contribution in [1.29, 1.82) is 0 Å². The molecule has 4 rings (SSSR count). The highest BCUT2D eigenvalue weighted by molar-refractivity contribution is 7.98. The SMILES string of the molecule is COc1cccc(-c2nc(CSc3nnc(COc4cc(C)ccc4C)o3)cs2)c1OC. The minimum Gasteiger partial charge on any atom is -0.493 e. The van der Waals surface area contributed by atoms with Crippen LogP contribution in [0.3, 0.4) is 0 Å². The second-order valence-corrected chi connectivity index (χ2v) is 8.78. The van der Waals surface area contributed by atoms with E-state index in [1.54, 1.807) is 25.6 Å². The first-order chi connectivity index (χ1) is 15.6. The van der Waals surface area contributed by atoms with E-state index in [-0.39, 0.29) is 6.61 Å². The summed E-state index contributed by atoms with van der Waals surface area (Å²) in [5.41, 5.74) is 4.03. The van der Waals surface area contributed by atoms with Crippen LogP contribution in [0.4, 0.5) is 0 Å². The molecule has 0 amide bonds. The molecule has 0 aliphatic heterocycles. The quantitative estimate of drug-likeness (QED) is 0.289. The first kappa shape index (κ1) is 22.2. The summed E-state index contributed by atoms with van der Waals surface area (Å²) in [6, 6.07) is 11.8. The van der Waals surface area contributed by atoms with Gasteiger partial charge < -0.3 is 18.6 Å². The van der Waals surface area contributed by atoms with Crippen molar-refractivity contribution in [2.24, 2.45) is 0 Å². The molecule has 0 saturated carbocycles. The normalized spacial score (nSPS) is 10.9. The molecule has 0 spiro atoms. The van der Waals surface area contributed by atoms with Gasteiger partial charge in [0.05, 0.1) is 25.5 Å². The standard InChI is InChI=1S/C23H23N3O4S2/c1-14-8-9-15(2)19(10-14)29-11-20-25-26-23(30-20)32-13-16-12-31-22(24-16)17-6-5-7-18(27-3)21(17)28-4/h5-10,12H,11,13H2,1-4H3. The third kappa shape index (κ3) is 5.05. The molecule has 0 radical (unpaired) electrons. The maximum Gasteiger partial charge on any atom is 0.277 e. The van der Waals surface area contributed by atoms with E-state index in [1.165, 1.54) is 11.8 Å². The van der Waals surface area contributed by atoms with Crippen LogP contribution >= 0.6 is 23.1 Å². The molecule has 0 atom stereocenters. The average Bonchev–Trinajstić information content (AvgIpc) is 3.47. The highest BCUT2D eigenvalue weighted by Crippen LogP contribution is 2.39. The van der Waals surface area contributed by atoms with Crippen molar-refractivity contribution in [2.75, 3.05) is 14.2 Å². The van der Waals surface area contributed by atoms with Crippen LogP contribution in [0.25, 0.3) is 10.6 Å². The lowest BCUT2D eigenvalue weighted by Crippen LogP contribution is -1.97. The maximum absolute atomic E-state index is 5.83. The zero-order valence-corrected chi connectivity index (χ0v) is 19.9. The fourth-order valence-corrected chi connectivity index (χ4v) is 4.67. The maximum atomic E-state index is 5.83. The molecule has 0 unspecified atom stereocenters. The molecule has 0 fully saturated rings. The molecule has 0 aliphatic carbocycles. The van der Waals surface area contributed by atoms with Crippen molar-refractivity contribution in [3.63, 3.8) is 0 Å². The molecule has 9 heteroatoms. The lowest BCUT2D eigenvalue weighted by Gasteiger charge is -2.10. The summed E-state index contributed by atoms with van der Waals surface area (Å²) in [7, 11) is 3.25. The number of hydrogen-bond acceptors (Lipinski definition) is 9. The molecule has 2 aromatic heterocycles. The minimum absolute atomic E-state index is 0.230. The largest absolute Gasteiger partial charge is 0.493 e. The average molecular weight is 470 g/mol. The fraction of sp³-hybridized carbons (Fsp3) is 0.261. The van der Waals surface area contributed by atoms with Crippen LogP contribution in [0.2, 0.25) is 0 Å². The number of benzene rings is 2. The Morgan fingerprint density at radius 2 is 1.91 bits per heavy atom. The van der Waals surface area contributed by atoms with E-state index in [2.05, 4.69) is 16.3 Å². The van der Waals surface area contributed by atoms with E-state index in [9.17, 15) is 0 Å². The molecule has 0 saturated heterocycles. The van der Waals surface area contributed by atoms with Gasteiger partial charge in [0.1, 0.15) is 10.8 Å². The van der Waals surface area contributed by atoms with E-state index >= 15 is 0 Å². The van der Waals surface area contributed by atoms with Crippen LogP contribution in [0.5, 0.6) is 17.2 Å². The molecule has 2 aromatic carbocycles. The molecule has 32 heavy (non-hydrogen) atoms. The van der Waals surface area contributed by atoms with Crippen LogP contribution in [-0.2, 0) is 12.4 Å². The second kappa shape index (κ2) is 10.1. The molecular formula is C23H23N3O4S2. The number of thiazole rings is 1. The Morgan fingerprint density at radius 3 is 2.72 bits per heavy atom. The summed E-state index contributed by atoms with van der Waals surface area (Å²) in [4.78, 5) is 4.73. The van der Waals surface area contributed by atoms with Gasteiger partial charge in [-0.05, 0) is 43.2 Å². The lowest BCUT2D eigenvalue weighted by atomic mass is 10.1. The predicted molar refractivity (Wildman–Crippen MR) is 125 cm³/mol. The van der Waals surface area contributed by atoms with Crippen molar-refractivity contribution in [1.82, 2.24) is 15.2 Å². The predicted octanol–water partition coefficient (Wildman–Crippen LogP) is 5.70. The molecule has 7 nitrogen and oxygen atoms in total. The van der Waals surface area contributed by atoms with Crippen molar-refractivity contribution in [3.05, 3.63) is 64.5 Å². The van der Waals surface area contributed by atoms with Gasteiger partial charge in [0.15, 0.2) is 18.1 Å². The van der Waals surface area contributed by atoms with Gasteiger partial charge in [0.2, 0.25) is 0 Å². The first-order valence-corrected chi connectivity index (χ1v) is 11.7. The van der Waals surface area contributed by atoms with E-state index < -0.39 is 0 Å². The van der Waals surface area contributed by atoms with E-state index in [1.807, 2.05) is 49.6 Å². The van der Waals surface area contributed by atoms with E-state index in [4.69, 9.17) is 23.6 Å². The number of aryl methyl sites for hydroxylation is 2. The molecular weight excluding hydrogens is 446 g/mol. The van der Waals surface area contributed by atoms with Crippen LogP contribution in [0.15, 0.2) is 51.4 Å². The van der Waals surface area contributed by atoms with Gasteiger partial charge in [-0.2, -0.15) is 0 Å². The third-order valence-electron chi connectivity index (χ3n) is 4.67. The Balaban J connectivity index is 1.37. The fourth-order valence-electron chi connectivity index (χ4n) is 3.05. The topological polar surface area (TPSA) is 79.5 Å². The molecule has 166 valence electrons. The van der Waals surface area contributed by atoms with E-state index in [0.29, 0.717) is 28.4 Å². The Kier molecular flexibility index (Phi) is 6.96. The number of aromatic nitrogens is 3. The molecule has 2 heterocycles. The Morgan fingerprint density at radius 1 is 1.03 bits per heavy atom. The van der Waals surface area contributed by atoms with Gasteiger partial charge in [-0.1, -0.05) is 30.0 Å². The number of rotatable bonds is 9. The van der Waals surface area contributed by atoms with Gasteiger partial charge in [0, 0.05) is 11.1 Å². The van der Waals surface area contributed by atoms with Crippen molar-refractivity contribution in [3.8, 4) is 27.8 Å². The second-order valence-electron chi connectivity index (χ2n) is 6.99. The monoisotopic (exact) mass is 469 g/mol. The smallest absolute Gasteiger partial charge is 0.277 e. The van der Waals surface area contributed by atoms with Crippen LogP contribution < -0.4 is 14.2 Å². The summed E-state index contributed by atoms with van der Waals surface area (Å²) < 4.78 is 22.5. The van der Waals surface area contributed by atoms with Crippen molar-refractivity contribution in [2.45, 2.75) is 31.4 Å². The van der Waals surface area contributed by atoms with Gasteiger partial charge in [-0.3, -0.25) is 0 Å². The molecule has 4 aromatic rings.